The summed E-state index contributed by atoms with van der Waals surface area (Å²) in [4.78, 5) is 13.3. The second kappa shape index (κ2) is 6.82. The molecule has 0 spiro atoms. The Balaban J connectivity index is 1.93. The zero-order valence-corrected chi connectivity index (χ0v) is 15.8. The van der Waals surface area contributed by atoms with Crippen LogP contribution in [0, 0.1) is 5.92 Å². The van der Waals surface area contributed by atoms with Gasteiger partial charge in [0.2, 0.25) is 0 Å². The zero-order valence-electron chi connectivity index (χ0n) is 15.0. The van der Waals surface area contributed by atoms with E-state index >= 15 is 0 Å². The molecule has 3 aromatic rings. The minimum Gasteiger partial charge on any atom is -0.612 e. The van der Waals surface area contributed by atoms with E-state index in [1.54, 1.807) is 17.9 Å². The van der Waals surface area contributed by atoms with Gasteiger partial charge < -0.3 is 14.4 Å². The number of nitrogens with one attached hydrogen (secondary N) is 1. The second-order valence-electron chi connectivity index (χ2n) is 6.99. The Labute approximate surface area is 156 Å². The lowest BCUT2D eigenvalue weighted by molar-refractivity contribution is 0.601. The van der Waals surface area contributed by atoms with Crippen LogP contribution in [-0.4, -0.2) is 21.9 Å². The first kappa shape index (κ1) is 17.2. The van der Waals surface area contributed by atoms with Gasteiger partial charge in [-0.1, -0.05) is 18.2 Å². The van der Waals surface area contributed by atoms with E-state index < -0.39 is 11.2 Å². The summed E-state index contributed by atoms with van der Waals surface area (Å²) in [6.07, 6.45) is 6.13. The Hall–Kier alpha value is -2.24. The lowest BCUT2D eigenvalue weighted by Gasteiger charge is -2.16. The summed E-state index contributed by atoms with van der Waals surface area (Å²) in [6.45, 7) is 0.950. The van der Waals surface area contributed by atoms with Gasteiger partial charge in [-0.2, -0.15) is 0 Å². The predicted molar refractivity (Wildman–Crippen MR) is 108 cm³/mol. The molecule has 1 aliphatic rings. The molecule has 0 aliphatic heterocycles. The Morgan fingerprint density at radius 3 is 2.58 bits per heavy atom. The fourth-order valence-corrected chi connectivity index (χ4v) is 3.83. The van der Waals surface area contributed by atoms with Crippen molar-refractivity contribution in [2.24, 2.45) is 13.0 Å². The maximum absolute atomic E-state index is 12.5. The predicted octanol–water partition coefficient (Wildman–Crippen LogP) is 3.76. The van der Waals surface area contributed by atoms with Crippen molar-refractivity contribution in [3.05, 3.63) is 59.0 Å². The van der Waals surface area contributed by atoms with Gasteiger partial charge in [0.05, 0.1) is 0 Å². The first-order valence-electron chi connectivity index (χ1n) is 8.84. The van der Waals surface area contributed by atoms with Crippen LogP contribution in [0.1, 0.15) is 12.8 Å². The third kappa shape index (κ3) is 3.24. The number of aryl methyl sites for hydroxylation is 1. The number of hydrogen-bond donors (Lipinski definition) is 1. The van der Waals surface area contributed by atoms with E-state index in [0.29, 0.717) is 5.39 Å². The summed E-state index contributed by atoms with van der Waals surface area (Å²) >= 11 is -1.06. The van der Waals surface area contributed by atoms with Gasteiger partial charge in [-0.05, 0) is 53.5 Å². The highest BCUT2D eigenvalue weighted by molar-refractivity contribution is 7.90. The highest BCUT2D eigenvalue weighted by Gasteiger charge is 2.22. The molecule has 4 rings (SSSR count). The van der Waals surface area contributed by atoms with Crippen LogP contribution in [0.5, 0.6) is 0 Å². The van der Waals surface area contributed by atoms with E-state index in [2.05, 4.69) is 5.32 Å². The third-order valence-electron chi connectivity index (χ3n) is 4.98. The molecular formula is C21H22N2O2S. The minimum atomic E-state index is -1.06. The summed E-state index contributed by atoms with van der Waals surface area (Å²) in [6, 6.07) is 13.6. The number of benzene rings is 2. The summed E-state index contributed by atoms with van der Waals surface area (Å²) < 4.78 is 13.7. The monoisotopic (exact) mass is 366 g/mol. The summed E-state index contributed by atoms with van der Waals surface area (Å²) in [5, 5.41) is 5.17. The van der Waals surface area contributed by atoms with E-state index in [1.165, 1.54) is 12.8 Å². The summed E-state index contributed by atoms with van der Waals surface area (Å²) in [7, 11) is 1.78. The van der Waals surface area contributed by atoms with Crippen molar-refractivity contribution in [3.8, 4) is 11.1 Å². The maximum Gasteiger partial charge on any atom is 0.258 e. The molecule has 1 fully saturated rings. The van der Waals surface area contributed by atoms with E-state index in [4.69, 9.17) is 0 Å². The molecule has 1 heterocycles. The third-order valence-corrected chi connectivity index (χ3v) is 5.90. The number of hydrogen-bond acceptors (Lipinski definition) is 3. The quantitative estimate of drug-likeness (QED) is 0.700. The largest absolute Gasteiger partial charge is 0.612 e. The van der Waals surface area contributed by atoms with Crippen LogP contribution in [0.25, 0.3) is 21.9 Å². The van der Waals surface area contributed by atoms with E-state index in [0.717, 1.165) is 39.6 Å². The molecule has 1 aromatic heterocycles. The molecule has 1 unspecified atom stereocenters. The van der Waals surface area contributed by atoms with Crippen molar-refractivity contribution in [1.82, 2.24) is 4.57 Å². The van der Waals surface area contributed by atoms with Crippen molar-refractivity contribution < 1.29 is 4.55 Å². The smallest absolute Gasteiger partial charge is 0.258 e. The average Bonchev–Trinajstić information content (AvgIpc) is 3.47. The molecule has 4 nitrogen and oxygen atoms in total. The standard InChI is InChI=1S/C21H22N2O2S/c1-23-13-19(16-5-3-4-6-17(16)21(23)24)18-11-15(26(2)25)9-10-20(18)22-12-14-7-8-14/h3-6,9-11,13-14,22H,7-8,12H2,1-2H3. The van der Waals surface area contributed by atoms with E-state index in [9.17, 15) is 9.35 Å². The maximum atomic E-state index is 12.5. The second-order valence-corrected chi connectivity index (χ2v) is 8.37. The van der Waals surface area contributed by atoms with Gasteiger partial charge in [-0.25, -0.2) is 0 Å². The van der Waals surface area contributed by atoms with Crippen molar-refractivity contribution in [3.63, 3.8) is 0 Å². The fraction of sp³-hybridized carbons (Fsp3) is 0.286. The van der Waals surface area contributed by atoms with Crippen LogP contribution in [0.3, 0.4) is 0 Å². The molecular weight excluding hydrogens is 344 g/mol. The van der Waals surface area contributed by atoms with Crippen molar-refractivity contribution in [1.29, 1.82) is 0 Å². The van der Waals surface area contributed by atoms with Crippen molar-refractivity contribution in [2.45, 2.75) is 17.7 Å². The molecule has 0 radical (unpaired) electrons. The zero-order chi connectivity index (χ0) is 18.3. The Bertz CT molecular complexity index is 1020. The average molecular weight is 366 g/mol. The Kier molecular flexibility index (Phi) is 4.51. The fourth-order valence-electron chi connectivity index (χ4n) is 3.29. The molecule has 1 N–H and O–H groups in total. The van der Waals surface area contributed by atoms with Crippen LogP contribution in [-0.2, 0) is 18.2 Å². The molecule has 5 heteroatoms. The first-order valence-corrected chi connectivity index (χ1v) is 10.4. The highest BCUT2D eigenvalue weighted by atomic mass is 32.2. The van der Waals surface area contributed by atoms with Gasteiger partial charge in [0, 0.05) is 48.1 Å². The molecule has 134 valence electrons. The van der Waals surface area contributed by atoms with Crippen molar-refractivity contribution >= 4 is 27.6 Å². The van der Waals surface area contributed by atoms with Crippen LogP contribution in [0.4, 0.5) is 5.69 Å². The van der Waals surface area contributed by atoms with Crippen LogP contribution >= 0.6 is 0 Å². The summed E-state index contributed by atoms with van der Waals surface area (Å²) in [5.74, 6) is 0.750. The molecule has 0 amide bonds. The molecule has 26 heavy (non-hydrogen) atoms. The van der Waals surface area contributed by atoms with Gasteiger partial charge >= 0.3 is 0 Å². The highest BCUT2D eigenvalue weighted by Crippen LogP contribution is 2.36. The van der Waals surface area contributed by atoms with Crippen LogP contribution in [0.2, 0.25) is 0 Å². The van der Waals surface area contributed by atoms with Crippen LogP contribution < -0.4 is 10.9 Å². The molecule has 1 atom stereocenters. The normalized spacial score (nSPS) is 15.2. The Morgan fingerprint density at radius 1 is 1.15 bits per heavy atom. The van der Waals surface area contributed by atoms with Gasteiger partial charge in [0.15, 0.2) is 4.90 Å². The number of rotatable bonds is 5. The number of anilines is 1. The SMILES string of the molecule is Cn1cc(-c2cc([S+](C)[O-])ccc2NCC2CC2)c2ccccc2c1=O. The van der Waals surface area contributed by atoms with E-state index in [1.807, 2.05) is 48.7 Å². The van der Waals surface area contributed by atoms with Gasteiger partial charge in [0.25, 0.3) is 5.56 Å². The molecule has 1 aliphatic carbocycles. The summed E-state index contributed by atoms with van der Waals surface area (Å²) in [5.41, 5.74) is 2.99. The number of aromatic nitrogens is 1. The van der Waals surface area contributed by atoms with E-state index in [-0.39, 0.29) is 5.56 Å². The lowest BCUT2D eigenvalue weighted by atomic mass is 9.99. The molecule has 2 aromatic carbocycles. The topological polar surface area (TPSA) is 57.1 Å². The number of nitrogens with zero attached hydrogens (tertiary/aromatic N) is 1. The van der Waals surface area contributed by atoms with Crippen LogP contribution in [0.15, 0.2) is 58.4 Å². The molecule has 0 saturated heterocycles. The van der Waals surface area contributed by atoms with Gasteiger partial charge in [-0.15, -0.1) is 0 Å². The minimum absolute atomic E-state index is 0.00735. The first-order chi connectivity index (χ1) is 12.5. The van der Waals surface area contributed by atoms with Crippen molar-refractivity contribution in [2.75, 3.05) is 18.1 Å². The number of pyridine rings is 1. The van der Waals surface area contributed by atoms with Gasteiger partial charge in [-0.3, -0.25) is 4.79 Å². The van der Waals surface area contributed by atoms with Gasteiger partial charge in [0.1, 0.15) is 6.26 Å². The number of fused-ring (bicyclic) bond motifs is 1. The lowest BCUT2D eigenvalue weighted by Crippen LogP contribution is -2.16. The molecule has 1 saturated carbocycles. The Morgan fingerprint density at radius 2 is 1.88 bits per heavy atom. The molecule has 0 bridgehead atoms.